The van der Waals surface area contributed by atoms with Crippen LogP contribution in [0.2, 0.25) is 0 Å². The molecule has 0 saturated heterocycles. The van der Waals surface area contributed by atoms with Crippen molar-refractivity contribution in [1.82, 2.24) is 0 Å². The minimum absolute atomic E-state index is 0.295. The number of hydrogen-bond donors (Lipinski definition) is 0. The number of unbranched alkanes of at least 4 members (excludes halogenated alkanes) is 9. The fourth-order valence-corrected chi connectivity index (χ4v) is 2.73. The van der Waals surface area contributed by atoms with Crippen LogP contribution in [-0.2, 0) is 9.09 Å². The Kier molecular flexibility index (Phi) is 13.6. The molecule has 0 spiro atoms. The van der Waals surface area contributed by atoms with Gasteiger partial charge in [-0.1, -0.05) is 58.3 Å². The zero-order valence-corrected chi connectivity index (χ0v) is 15.2. The average molecular weight is 320 g/mol. The minimum atomic E-state index is -2.69. The number of rotatable bonds is 15. The second kappa shape index (κ2) is 13.6. The molecule has 0 heterocycles. The van der Waals surface area contributed by atoms with Gasteiger partial charge in [-0.05, 0) is 17.4 Å². The standard InChI is InChI=1S/C16H35NO3P/c1-4-5-6-7-8-9-10-11-12-13-14-17(2,3)15-16-20-21(18)19/h4-16H2,1-3H3/q+1. The van der Waals surface area contributed by atoms with Crippen molar-refractivity contribution in [2.45, 2.75) is 71.1 Å². The fourth-order valence-electron chi connectivity index (χ4n) is 2.50. The highest BCUT2D eigenvalue weighted by Crippen LogP contribution is 2.12. The van der Waals surface area contributed by atoms with E-state index in [1.807, 2.05) is 0 Å². The van der Waals surface area contributed by atoms with Gasteiger partial charge >= 0.3 is 8.25 Å². The molecule has 126 valence electrons. The van der Waals surface area contributed by atoms with Crippen molar-refractivity contribution in [1.29, 1.82) is 0 Å². The van der Waals surface area contributed by atoms with Crippen molar-refractivity contribution in [3.63, 3.8) is 0 Å². The molecular formula is C16H35NO3P+. The normalized spacial score (nSPS) is 12.7. The van der Waals surface area contributed by atoms with E-state index in [1.54, 1.807) is 0 Å². The first-order chi connectivity index (χ1) is 9.98. The van der Waals surface area contributed by atoms with E-state index >= 15 is 0 Å². The third kappa shape index (κ3) is 16.2. The lowest BCUT2D eigenvalue weighted by Gasteiger charge is -2.28. The molecule has 0 aromatic rings. The third-order valence-corrected chi connectivity index (χ3v) is 4.40. The highest BCUT2D eigenvalue weighted by Gasteiger charge is 2.16. The van der Waals surface area contributed by atoms with Gasteiger partial charge in [0, 0.05) is 0 Å². The molecule has 1 unspecified atom stereocenters. The van der Waals surface area contributed by atoms with E-state index in [-0.39, 0.29) is 0 Å². The quantitative estimate of drug-likeness (QED) is 0.260. The van der Waals surface area contributed by atoms with Crippen LogP contribution in [0.5, 0.6) is 0 Å². The molecule has 0 aromatic carbocycles. The molecule has 0 aliphatic rings. The maximum Gasteiger partial charge on any atom is 0.488 e. The van der Waals surface area contributed by atoms with Crippen LogP contribution in [0.1, 0.15) is 71.1 Å². The van der Waals surface area contributed by atoms with Crippen molar-refractivity contribution in [3.8, 4) is 0 Å². The molecule has 0 aliphatic carbocycles. The van der Waals surface area contributed by atoms with Crippen LogP contribution in [0, 0.1) is 0 Å². The van der Waals surface area contributed by atoms with Gasteiger partial charge in [0.05, 0.1) is 20.6 Å². The summed E-state index contributed by atoms with van der Waals surface area (Å²) in [6.45, 7) is 4.40. The SMILES string of the molecule is CCCCCCCCCCCC[N+](C)(C)CCO[P+](=O)[O-]. The fraction of sp³-hybridized carbons (Fsp3) is 1.00. The van der Waals surface area contributed by atoms with E-state index in [2.05, 4.69) is 25.5 Å². The molecule has 0 fully saturated rings. The van der Waals surface area contributed by atoms with E-state index in [4.69, 9.17) is 0 Å². The van der Waals surface area contributed by atoms with Crippen LogP contribution in [0.4, 0.5) is 0 Å². The Bertz CT molecular complexity index is 260. The van der Waals surface area contributed by atoms with Crippen LogP contribution < -0.4 is 4.89 Å². The van der Waals surface area contributed by atoms with Gasteiger partial charge in [-0.2, -0.15) is 0 Å². The maximum absolute atomic E-state index is 10.3. The lowest BCUT2D eigenvalue weighted by atomic mass is 10.1. The summed E-state index contributed by atoms with van der Waals surface area (Å²) in [5.74, 6) is 0. The smallest absolute Gasteiger partial charge is 0.488 e. The molecule has 0 aliphatic heterocycles. The Labute approximate surface area is 132 Å². The van der Waals surface area contributed by atoms with Crippen LogP contribution in [0.15, 0.2) is 0 Å². The first kappa shape index (κ1) is 21.0. The molecule has 1 atom stereocenters. The summed E-state index contributed by atoms with van der Waals surface area (Å²) in [5, 5.41) is 0. The van der Waals surface area contributed by atoms with Crippen molar-refractivity contribution >= 4 is 8.25 Å². The zero-order chi connectivity index (χ0) is 16.0. The minimum Gasteiger partial charge on any atom is -0.566 e. The van der Waals surface area contributed by atoms with Crippen LogP contribution >= 0.6 is 8.25 Å². The third-order valence-electron chi connectivity index (χ3n) is 4.01. The molecule has 5 heteroatoms. The van der Waals surface area contributed by atoms with Gasteiger partial charge in [-0.25, -0.2) is 0 Å². The Hall–Kier alpha value is -0.0200. The van der Waals surface area contributed by atoms with Crippen molar-refractivity contribution in [2.75, 3.05) is 33.8 Å². The molecule has 0 rings (SSSR count). The summed E-state index contributed by atoms with van der Waals surface area (Å²) < 4.78 is 15.8. The lowest BCUT2D eigenvalue weighted by molar-refractivity contribution is -0.890. The van der Waals surface area contributed by atoms with E-state index in [1.165, 1.54) is 64.2 Å². The lowest BCUT2D eigenvalue weighted by Crippen LogP contribution is -2.42. The van der Waals surface area contributed by atoms with E-state index in [0.717, 1.165) is 17.6 Å². The van der Waals surface area contributed by atoms with Gasteiger partial charge in [0.1, 0.15) is 6.54 Å². The molecule has 0 N–H and O–H groups in total. The van der Waals surface area contributed by atoms with Gasteiger partial charge < -0.3 is 9.38 Å². The Balaban J connectivity index is 3.34. The molecule has 0 bridgehead atoms. The topological polar surface area (TPSA) is 49.4 Å². The van der Waals surface area contributed by atoms with Gasteiger partial charge in [0.25, 0.3) is 0 Å². The summed E-state index contributed by atoms with van der Waals surface area (Å²) in [7, 11) is 1.58. The second-order valence-corrected chi connectivity index (χ2v) is 7.33. The second-order valence-electron chi connectivity index (χ2n) is 6.62. The Morgan fingerprint density at radius 2 is 1.33 bits per heavy atom. The first-order valence-electron chi connectivity index (χ1n) is 8.57. The molecule has 0 saturated carbocycles. The summed E-state index contributed by atoms with van der Waals surface area (Å²) in [5.41, 5.74) is 0. The molecule has 4 nitrogen and oxygen atoms in total. The summed E-state index contributed by atoms with van der Waals surface area (Å²) in [4.78, 5) is 10.3. The van der Waals surface area contributed by atoms with E-state index in [9.17, 15) is 9.46 Å². The van der Waals surface area contributed by atoms with Gasteiger partial charge in [-0.3, -0.25) is 0 Å². The number of hydrogen-bond acceptors (Lipinski definition) is 3. The molecule has 21 heavy (non-hydrogen) atoms. The monoisotopic (exact) mass is 320 g/mol. The van der Waals surface area contributed by atoms with E-state index in [0.29, 0.717) is 6.61 Å². The molecule has 0 aromatic heterocycles. The summed E-state index contributed by atoms with van der Waals surface area (Å²) in [6, 6.07) is 0. The van der Waals surface area contributed by atoms with Gasteiger partial charge in [0.15, 0.2) is 6.61 Å². The highest BCUT2D eigenvalue weighted by atomic mass is 31.1. The van der Waals surface area contributed by atoms with E-state index < -0.39 is 8.25 Å². The number of nitrogens with zero attached hydrogens (tertiary/aromatic N) is 1. The Morgan fingerprint density at radius 1 is 0.857 bits per heavy atom. The zero-order valence-electron chi connectivity index (χ0n) is 14.3. The number of likely N-dealkylation sites (N-methyl/N-ethyl adjacent to an activating group) is 1. The summed E-state index contributed by atoms with van der Waals surface area (Å²) in [6.07, 6.45) is 13.5. The predicted octanol–water partition coefficient (Wildman–Crippen LogP) is 4.02. The van der Waals surface area contributed by atoms with Gasteiger partial charge in [-0.15, -0.1) is 4.52 Å². The maximum atomic E-state index is 10.3. The molecular weight excluding hydrogens is 285 g/mol. The predicted molar refractivity (Wildman–Crippen MR) is 87.2 cm³/mol. The van der Waals surface area contributed by atoms with Crippen LogP contribution in [0.3, 0.4) is 0 Å². The largest absolute Gasteiger partial charge is 0.566 e. The highest BCUT2D eigenvalue weighted by molar-refractivity contribution is 7.30. The van der Waals surface area contributed by atoms with Crippen molar-refractivity contribution < 1.29 is 18.5 Å². The van der Waals surface area contributed by atoms with Crippen LogP contribution in [0.25, 0.3) is 0 Å². The Morgan fingerprint density at radius 3 is 1.81 bits per heavy atom. The van der Waals surface area contributed by atoms with Crippen molar-refractivity contribution in [3.05, 3.63) is 0 Å². The molecule has 0 radical (unpaired) electrons. The number of quaternary nitrogens is 1. The first-order valence-corrected chi connectivity index (χ1v) is 9.67. The van der Waals surface area contributed by atoms with Gasteiger partial charge in [0.2, 0.25) is 0 Å². The summed E-state index contributed by atoms with van der Waals surface area (Å²) >= 11 is 0. The van der Waals surface area contributed by atoms with Crippen LogP contribution in [-0.4, -0.2) is 38.3 Å². The van der Waals surface area contributed by atoms with Crippen molar-refractivity contribution in [2.24, 2.45) is 0 Å². The molecule has 0 amide bonds. The average Bonchev–Trinajstić information content (AvgIpc) is 2.40.